The van der Waals surface area contributed by atoms with Crippen LogP contribution in [0.5, 0.6) is 0 Å². The van der Waals surface area contributed by atoms with Crippen molar-refractivity contribution in [1.82, 2.24) is 10.2 Å². The molecule has 124 valence electrons. The minimum Gasteiger partial charge on any atom is -0.335 e. The van der Waals surface area contributed by atoms with Gasteiger partial charge in [-0.25, -0.2) is 13.2 Å². The van der Waals surface area contributed by atoms with Crippen molar-refractivity contribution in [2.45, 2.75) is 51.4 Å². The first-order chi connectivity index (χ1) is 10.2. The van der Waals surface area contributed by atoms with E-state index in [1.165, 1.54) is 9.75 Å². The summed E-state index contributed by atoms with van der Waals surface area (Å²) in [4.78, 5) is 16.5. The number of amides is 2. The van der Waals surface area contributed by atoms with Crippen molar-refractivity contribution in [2.24, 2.45) is 0 Å². The van der Waals surface area contributed by atoms with E-state index in [2.05, 4.69) is 24.4 Å². The van der Waals surface area contributed by atoms with E-state index in [0.717, 1.165) is 6.42 Å². The average Bonchev–Trinajstić information content (AvgIpc) is 2.81. The number of rotatable bonds is 3. The largest absolute Gasteiger partial charge is 0.335 e. The maximum atomic E-state index is 12.4. The number of carbonyl (C=O) groups is 1. The quantitative estimate of drug-likeness (QED) is 0.914. The van der Waals surface area contributed by atoms with E-state index in [-0.39, 0.29) is 30.4 Å². The minimum atomic E-state index is -3.07. The van der Waals surface area contributed by atoms with Gasteiger partial charge in [-0.3, -0.25) is 0 Å². The Balaban J connectivity index is 1.94. The second kappa shape index (κ2) is 6.58. The third-order valence-electron chi connectivity index (χ3n) is 4.29. The Morgan fingerprint density at radius 3 is 2.73 bits per heavy atom. The normalized spacial score (nSPS) is 25.7. The lowest BCUT2D eigenvalue weighted by Gasteiger charge is -2.38. The molecule has 2 amide bonds. The van der Waals surface area contributed by atoms with E-state index >= 15 is 0 Å². The zero-order valence-corrected chi connectivity index (χ0v) is 15.1. The van der Waals surface area contributed by atoms with Crippen molar-refractivity contribution in [2.75, 3.05) is 12.3 Å². The van der Waals surface area contributed by atoms with Crippen LogP contribution in [0.2, 0.25) is 0 Å². The van der Waals surface area contributed by atoms with E-state index in [1.807, 2.05) is 6.92 Å². The van der Waals surface area contributed by atoms with Gasteiger partial charge >= 0.3 is 6.03 Å². The summed E-state index contributed by atoms with van der Waals surface area (Å²) in [5, 5.41) is 2.47. The van der Waals surface area contributed by atoms with Crippen molar-refractivity contribution in [3.8, 4) is 0 Å². The van der Waals surface area contributed by atoms with Gasteiger partial charge in [0.2, 0.25) is 0 Å². The molecule has 0 saturated carbocycles. The zero-order valence-electron chi connectivity index (χ0n) is 13.5. The maximum absolute atomic E-state index is 12.4. The molecule has 1 aliphatic rings. The molecule has 22 heavy (non-hydrogen) atoms. The second-order valence-corrected chi connectivity index (χ2v) is 9.92. The van der Waals surface area contributed by atoms with Crippen LogP contribution in [0.15, 0.2) is 12.1 Å². The second-order valence-electron chi connectivity index (χ2n) is 6.07. The zero-order chi connectivity index (χ0) is 16.5. The van der Waals surface area contributed by atoms with Gasteiger partial charge in [-0.05, 0) is 39.8 Å². The Labute approximate surface area is 136 Å². The molecule has 3 atom stereocenters. The molecule has 7 heteroatoms. The van der Waals surface area contributed by atoms with Crippen LogP contribution < -0.4 is 5.32 Å². The fourth-order valence-corrected chi connectivity index (χ4v) is 5.29. The highest BCUT2D eigenvalue weighted by atomic mass is 32.2. The van der Waals surface area contributed by atoms with Crippen LogP contribution in [0.3, 0.4) is 0 Å². The molecule has 1 N–H and O–H groups in total. The summed E-state index contributed by atoms with van der Waals surface area (Å²) in [5.41, 5.74) is 0. The van der Waals surface area contributed by atoms with Gasteiger partial charge in [0.1, 0.15) is 0 Å². The van der Waals surface area contributed by atoms with E-state index in [1.54, 1.807) is 30.1 Å². The molecule has 0 radical (unpaired) electrons. The lowest BCUT2D eigenvalue weighted by Crippen LogP contribution is -2.57. The average molecular weight is 345 g/mol. The monoisotopic (exact) mass is 344 g/mol. The molecule has 2 heterocycles. The number of aryl methyl sites for hydroxylation is 1. The van der Waals surface area contributed by atoms with Crippen LogP contribution in [-0.4, -0.2) is 49.0 Å². The van der Waals surface area contributed by atoms with Crippen LogP contribution in [0.4, 0.5) is 4.79 Å². The first-order valence-corrected chi connectivity index (χ1v) is 10.1. The van der Waals surface area contributed by atoms with Gasteiger partial charge in [0, 0.05) is 34.8 Å². The highest BCUT2D eigenvalue weighted by Gasteiger charge is 2.38. The Morgan fingerprint density at radius 2 is 2.14 bits per heavy atom. The summed E-state index contributed by atoms with van der Waals surface area (Å²) in [6, 6.07) is 3.71. The molecule has 1 aromatic rings. The molecular weight excluding hydrogens is 320 g/mol. The van der Waals surface area contributed by atoms with Crippen LogP contribution in [0.1, 0.15) is 30.5 Å². The Kier molecular flexibility index (Phi) is 5.17. The highest BCUT2D eigenvalue weighted by Crippen LogP contribution is 2.20. The van der Waals surface area contributed by atoms with E-state index in [0.29, 0.717) is 0 Å². The van der Waals surface area contributed by atoms with Gasteiger partial charge in [-0.15, -0.1) is 11.3 Å². The number of nitrogens with zero attached hydrogens (tertiary/aromatic N) is 1. The lowest BCUT2D eigenvalue weighted by molar-refractivity contribution is 0.175. The van der Waals surface area contributed by atoms with Crippen LogP contribution >= 0.6 is 11.3 Å². The molecule has 0 bridgehead atoms. The molecule has 0 aliphatic carbocycles. The Hall–Kier alpha value is -1.08. The number of hydrogen-bond acceptors (Lipinski definition) is 4. The predicted molar refractivity (Wildman–Crippen MR) is 90.2 cm³/mol. The van der Waals surface area contributed by atoms with Crippen molar-refractivity contribution >= 4 is 27.2 Å². The van der Waals surface area contributed by atoms with E-state index in [4.69, 9.17) is 0 Å². The molecule has 2 rings (SSSR count). The lowest BCUT2D eigenvalue weighted by atomic mass is 10.2. The number of thiophene rings is 1. The number of sulfone groups is 1. The van der Waals surface area contributed by atoms with Gasteiger partial charge in [-0.1, -0.05) is 0 Å². The van der Waals surface area contributed by atoms with Crippen molar-refractivity contribution in [3.63, 3.8) is 0 Å². The summed E-state index contributed by atoms with van der Waals surface area (Å²) >= 11 is 1.74. The Bertz CT molecular complexity index is 639. The number of carbonyl (C=O) groups excluding carboxylic acids is 1. The van der Waals surface area contributed by atoms with Crippen molar-refractivity contribution in [1.29, 1.82) is 0 Å². The van der Waals surface area contributed by atoms with E-state index in [9.17, 15) is 13.2 Å². The molecular formula is C15H24N2O3S2. The topological polar surface area (TPSA) is 66.5 Å². The molecule has 5 nitrogen and oxygen atoms in total. The molecule has 3 unspecified atom stereocenters. The highest BCUT2D eigenvalue weighted by molar-refractivity contribution is 7.92. The SMILES string of the molecule is Cc1ccc(CC(C)NC(=O)N2CCS(=O)(=O)C(C)C2C)s1. The number of urea groups is 1. The first kappa shape index (κ1) is 17.3. The standard InChI is InChI=1S/C15H24N2O3S2/c1-10(9-14-6-5-11(2)21-14)16-15(18)17-7-8-22(19,20)13(4)12(17)3/h5-6,10,12-13H,7-9H2,1-4H3,(H,16,18). The molecule has 1 fully saturated rings. The van der Waals surface area contributed by atoms with Crippen LogP contribution in [-0.2, 0) is 16.3 Å². The first-order valence-electron chi connectivity index (χ1n) is 7.54. The molecule has 1 aromatic heterocycles. The van der Waals surface area contributed by atoms with E-state index < -0.39 is 15.1 Å². The Morgan fingerprint density at radius 1 is 1.45 bits per heavy atom. The summed E-state index contributed by atoms with van der Waals surface area (Å²) in [5.74, 6) is 0.0461. The summed E-state index contributed by atoms with van der Waals surface area (Å²) in [6.07, 6.45) is 0.792. The third-order valence-corrected chi connectivity index (χ3v) is 7.59. The summed E-state index contributed by atoms with van der Waals surface area (Å²) < 4.78 is 23.7. The third kappa shape index (κ3) is 3.81. The summed E-state index contributed by atoms with van der Waals surface area (Å²) in [7, 11) is -3.07. The number of hydrogen-bond donors (Lipinski definition) is 1. The molecule has 0 spiro atoms. The van der Waals surface area contributed by atoms with Gasteiger partial charge < -0.3 is 10.2 Å². The van der Waals surface area contributed by atoms with Crippen LogP contribution in [0.25, 0.3) is 0 Å². The fraction of sp³-hybridized carbons (Fsp3) is 0.667. The smallest absolute Gasteiger partial charge is 0.317 e. The molecule has 1 aliphatic heterocycles. The van der Waals surface area contributed by atoms with Gasteiger partial charge in [-0.2, -0.15) is 0 Å². The maximum Gasteiger partial charge on any atom is 0.317 e. The predicted octanol–water partition coefficient (Wildman–Crippen LogP) is 2.20. The molecule has 0 aromatic carbocycles. The minimum absolute atomic E-state index is 0.0200. The van der Waals surface area contributed by atoms with Gasteiger partial charge in [0.05, 0.1) is 11.0 Å². The van der Waals surface area contributed by atoms with Crippen LogP contribution in [0, 0.1) is 6.92 Å². The number of nitrogens with one attached hydrogen (secondary N) is 1. The van der Waals surface area contributed by atoms with Gasteiger partial charge in [0.25, 0.3) is 0 Å². The fourth-order valence-electron chi connectivity index (χ4n) is 2.70. The summed E-state index contributed by atoms with van der Waals surface area (Å²) in [6.45, 7) is 7.78. The van der Waals surface area contributed by atoms with Crippen molar-refractivity contribution < 1.29 is 13.2 Å². The van der Waals surface area contributed by atoms with Gasteiger partial charge in [0.15, 0.2) is 9.84 Å². The molecule has 1 saturated heterocycles. The van der Waals surface area contributed by atoms with Crippen molar-refractivity contribution in [3.05, 3.63) is 21.9 Å².